The minimum absolute atomic E-state index is 0.0674. The van der Waals surface area contributed by atoms with Gasteiger partial charge in [-0.1, -0.05) is 113 Å². The van der Waals surface area contributed by atoms with Gasteiger partial charge in [-0.05, 0) is 69.1 Å². The van der Waals surface area contributed by atoms with Gasteiger partial charge < -0.3 is 4.90 Å². The number of fused-ring (bicyclic) bond motifs is 5. The van der Waals surface area contributed by atoms with Gasteiger partial charge in [-0.2, -0.15) is 0 Å². The summed E-state index contributed by atoms with van der Waals surface area (Å²) in [6, 6.07) is 42.3. The third-order valence-corrected chi connectivity index (χ3v) is 9.48. The van der Waals surface area contributed by atoms with Gasteiger partial charge in [0.2, 0.25) is 0 Å². The fourth-order valence-corrected chi connectivity index (χ4v) is 7.26. The lowest BCUT2D eigenvalue weighted by Gasteiger charge is -2.49. The van der Waals surface area contributed by atoms with Crippen LogP contribution in [0.2, 0.25) is 0 Å². The second-order valence-corrected chi connectivity index (χ2v) is 12.5. The van der Waals surface area contributed by atoms with Gasteiger partial charge in [0.25, 0.3) is 0 Å². The smallest absolute Gasteiger partial charge is 0.0780 e. The first-order valence-electron chi connectivity index (χ1n) is 14.5. The molecule has 2 nitrogen and oxygen atoms in total. The molecule has 0 N–H and O–H groups in total. The number of aromatic nitrogens is 1. The van der Waals surface area contributed by atoms with E-state index >= 15 is 0 Å². The summed E-state index contributed by atoms with van der Waals surface area (Å²) in [6.07, 6.45) is 1.91. The molecule has 0 saturated heterocycles. The molecule has 8 rings (SSSR count). The molecule has 1 aromatic heterocycles. The van der Waals surface area contributed by atoms with E-state index in [1.54, 1.807) is 0 Å². The molecule has 6 aromatic rings. The lowest BCUT2D eigenvalue weighted by molar-refractivity contribution is 0.597. The van der Waals surface area contributed by atoms with E-state index in [0.717, 1.165) is 11.3 Å². The lowest BCUT2D eigenvalue weighted by Crippen LogP contribution is -2.38. The van der Waals surface area contributed by atoms with E-state index in [1.807, 2.05) is 6.20 Å². The Morgan fingerprint density at radius 2 is 1.15 bits per heavy atom. The van der Waals surface area contributed by atoms with Gasteiger partial charge in [0.15, 0.2) is 0 Å². The van der Waals surface area contributed by atoms with Gasteiger partial charge in [0, 0.05) is 28.0 Å². The summed E-state index contributed by atoms with van der Waals surface area (Å²) in [5.41, 5.74) is 13.8. The number of rotatable bonds is 2. The van der Waals surface area contributed by atoms with Crippen molar-refractivity contribution in [1.29, 1.82) is 0 Å². The molecular weight excluding hydrogens is 496 g/mol. The van der Waals surface area contributed by atoms with Crippen molar-refractivity contribution in [3.63, 3.8) is 0 Å². The Morgan fingerprint density at radius 3 is 2.00 bits per heavy atom. The highest BCUT2D eigenvalue weighted by Gasteiger charge is 2.45. The summed E-state index contributed by atoms with van der Waals surface area (Å²) in [6.45, 7) is 9.49. The highest BCUT2D eigenvalue weighted by atomic mass is 15.2. The summed E-state index contributed by atoms with van der Waals surface area (Å²) >= 11 is 0. The number of pyridine rings is 1. The fourth-order valence-electron chi connectivity index (χ4n) is 7.26. The number of hydrogen-bond donors (Lipinski definition) is 0. The van der Waals surface area contributed by atoms with Gasteiger partial charge in [0.1, 0.15) is 0 Å². The average Bonchev–Trinajstić information content (AvgIpc) is 3.00. The van der Waals surface area contributed by atoms with E-state index in [2.05, 4.69) is 148 Å². The molecule has 0 radical (unpaired) electrons. The molecule has 5 aromatic carbocycles. The third-order valence-electron chi connectivity index (χ3n) is 9.48. The molecule has 0 bridgehead atoms. The van der Waals surface area contributed by atoms with Gasteiger partial charge in [-0.3, -0.25) is 4.98 Å². The van der Waals surface area contributed by atoms with Crippen LogP contribution in [-0.2, 0) is 10.8 Å². The van der Waals surface area contributed by atoms with Crippen LogP contribution in [0.5, 0.6) is 0 Å². The van der Waals surface area contributed by atoms with Crippen LogP contribution >= 0.6 is 0 Å². The van der Waals surface area contributed by atoms with Crippen molar-refractivity contribution >= 4 is 27.8 Å². The standard InChI is InChI=1S/C39H32N2/c1-38(2)30-15-7-8-18-34(30)41-35-20-19-27(24-33(35)39(3,4)32-17-10-16-31(38)37(32)41)26-12-9-13-28(23-26)36-29-14-6-5-11-25(29)21-22-40-36/h5-24H,1-4H3. The molecule has 3 heterocycles. The highest BCUT2D eigenvalue weighted by molar-refractivity contribution is 5.96. The molecule has 0 amide bonds. The SMILES string of the molecule is CC1(C)c2ccccc2N2c3ccc(-c4cccc(-c5nccc6ccccc56)c4)cc3C(C)(C)c3cccc1c32. The van der Waals surface area contributed by atoms with Gasteiger partial charge >= 0.3 is 0 Å². The van der Waals surface area contributed by atoms with E-state index < -0.39 is 0 Å². The number of para-hydroxylation sites is 2. The van der Waals surface area contributed by atoms with Crippen molar-refractivity contribution in [3.8, 4) is 22.4 Å². The molecule has 0 fully saturated rings. The van der Waals surface area contributed by atoms with Crippen LogP contribution in [0.1, 0.15) is 49.9 Å². The molecule has 0 atom stereocenters. The molecule has 0 aliphatic carbocycles. The molecule has 2 heteroatoms. The average molecular weight is 529 g/mol. The lowest BCUT2D eigenvalue weighted by atomic mass is 9.66. The molecule has 0 unspecified atom stereocenters. The first kappa shape index (κ1) is 24.1. The fraction of sp³-hybridized carbons (Fsp3) is 0.154. The number of benzene rings is 5. The van der Waals surface area contributed by atoms with Gasteiger partial charge in [-0.25, -0.2) is 0 Å². The van der Waals surface area contributed by atoms with Crippen molar-refractivity contribution in [3.05, 3.63) is 144 Å². The minimum atomic E-state index is -0.148. The molecule has 0 saturated carbocycles. The normalized spacial score (nSPS) is 15.7. The van der Waals surface area contributed by atoms with Gasteiger partial charge in [0.05, 0.1) is 22.8 Å². The van der Waals surface area contributed by atoms with Crippen LogP contribution in [0.4, 0.5) is 17.1 Å². The maximum absolute atomic E-state index is 4.79. The first-order chi connectivity index (χ1) is 19.9. The zero-order valence-corrected chi connectivity index (χ0v) is 23.9. The number of nitrogens with zero attached hydrogens (tertiary/aromatic N) is 2. The highest BCUT2D eigenvalue weighted by Crippen LogP contribution is 2.60. The van der Waals surface area contributed by atoms with E-state index in [9.17, 15) is 0 Å². The summed E-state index contributed by atoms with van der Waals surface area (Å²) < 4.78 is 0. The third kappa shape index (κ3) is 3.34. The van der Waals surface area contributed by atoms with Crippen molar-refractivity contribution in [2.75, 3.05) is 4.90 Å². The molecule has 2 aliphatic rings. The van der Waals surface area contributed by atoms with Crippen molar-refractivity contribution < 1.29 is 0 Å². The molecular formula is C39H32N2. The van der Waals surface area contributed by atoms with Crippen LogP contribution in [0, 0.1) is 0 Å². The van der Waals surface area contributed by atoms with Crippen molar-refractivity contribution in [2.45, 2.75) is 38.5 Å². The zero-order valence-electron chi connectivity index (χ0n) is 23.9. The predicted molar refractivity (Wildman–Crippen MR) is 172 cm³/mol. The molecule has 2 aliphatic heterocycles. The van der Waals surface area contributed by atoms with Crippen LogP contribution < -0.4 is 4.90 Å². The zero-order chi connectivity index (χ0) is 27.9. The topological polar surface area (TPSA) is 16.1 Å². The Bertz CT molecular complexity index is 2010. The Kier molecular flexibility index (Phi) is 4.95. The molecule has 41 heavy (non-hydrogen) atoms. The quantitative estimate of drug-likeness (QED) is 0.222. The summed E-state index contributed by atoms with van der Waals surface area (Å²) in [5.74, 6) is 0. The van der Waals surface area contributed by atoms with Crippen LogP contribution in [0.3, 0.4) is 0 Å². The van der Waals surface area contributed by atoms with E-state index in [-0.39, 0.29) is 10.8 Å². The van der Waals surface area contributed by atoms with Crippen molar-refractivity contribution in [1.82, 2.24) is 4.98 Å². The minimum Gasteiger partial charge on any atom is -0.309 e. The van der Waals surface area contributed by atoms with Crippen LogP contribution in [0.25, 0.3) is 33.2 Å². The maximum Gasteiger partial charge on any atom is 0.0780 e. The van der Waals surface area contributed by atoms with E-state index in [1.165, 1.54) is 61.2 Å². The number of anilines is 3. The Balaban J connectivity index is 1.31. The molecule has 198 valence electrons. The van der Waals surface area contributed by atoms with E-state index in [0.29, 0.717) is 0 Å². The largest absolute Gasteiger partial charge is 0.309 e. The Morgan fingerprint density at radius 1 is 0.512 bits per heavy atom. The van der Waals surface area contributed by atoms with Gasteiger partial charge in [-0.15, -0.1) is 0 Å². The number of hydrogen-bond acceptors (Lipinski definition) is 2. The predicted octanol–water partition coefficient (Wildman–Crippen LogP) is 10.3. The second-order valence-electron chi connectivity index (χ2n) is 12.5. The van der Waals surface area contributed by atoms with Crippen molar-refractivity contribution in [2.24, 2.45) is 0 Å². The van der Waals surface area contributed by atoms with Crippen LogP contribution in [0.15, 0.2) is 121 Å². The first-order valence-corrected chi connectivity index (χ1v) is 14.5. The Hall–Kier alpha value is -4.69. The van der Waals surface area contributed by atoms with Crippen LogP contribution in [-0.4, -0.2) is 4.98 Å². The maximum atomic E-state index is 4.79. The monoisotopic (exact) mass is 528 g/mol. The Labute approximate surface area is 241 Å². The second kappa shape index (κ2) is 8.41. The summed E-state index contributed by atoms with van der Waals surface area (Å²) in [7, 11) is 0. The van der Waals surface area contributed by atoms with E-state index in [4.69, 9.17) is 4.98 Å². The molecule has 0 spiro atoms. The summed E-state index contributed by atoms with van der Waals surface area (Å²) in [5, 5.41) is 2.39. The summed E-state index contributed by atoms with van der Waals surface area (Å²) in [4.78, 5) is 7.31.